The maximum Gasteiger partial charge on any atom is 0.264 e. The second-order valence-electron chi connectivity index (χ2n) is 8.83. The highest BCUT2D eigenvalue weighted by atomic mass is 19.3. The van der Waals surface area contributed by atoms with Gasteiger partial charge in [0.2, 0.25) is 0 Å². The summed E-state index contributed by atoms with van der Waals surface area (Å²) in [7, 11) is 1.80. The molecule has 0 bridgehead atoms. The number of hydrogen-bond acceptors (Lipinski definition) is 3. The molecule has 0 fully saturated rings. The summed E-state index contributed by atoms with van der Waals surface area (Å²) in [6, 6.07) is 10.1. The summed E-state index contributed by atoms with van der Waals surface area (Å²) in [5.41, 5.74) is 8.01. The van der Waals surface area contributed by atoms with Crippen molar-refractivity contribution in [2.45, 2.75) is 39.0 Å². The highest BCUT2D eigenvalue weighted by molar-refractivity contribution is 5.78. The van der Waals surface area contributed by atoms with Crippen molar-refractivity contribution >= 4 is 17.1 Å². The van der Waals surface area contributed by atoms with Crippen molar-refractivity contribution in [3.63, 3.8) is 0 Å². The second kappa shape index (κ2) is 8.08. The van der Waals surface area contributed by atoms with Gasteiger partial charge in [0, 0.05) is 60.2 Å². The van der Waals surface area contributed by atoms with Crippen LogP contribution in [0.5, 0.6) is 0 Å². The van der Waals surface area contributed by atoms with Crippen molar-refractivity contribution in [1.82, 2.24) is 9.78 Å². The highest BCUT2D eigenvalue weighted by Crippen LogP contribution is 2.42. The fourth-order valence-electron chi connectivity index (χ4n) is 5.06. The first-order valence-corrected chi connectivity index (χ1v) is 11.2. The van der Waals surface area contributed by atoms with E-state index in [4.69, 9.17) is 0 Å². The molecule has 0 amide bonds. The van der Waals surface area contributed by atoms with E-state index in [1.807, 2.05) is 13.0 Å². The lowest BCUT2D eigenvalue weighted by Gasteiger charge is -2.35. The Bertz CT molecular complexity index is 1180. The summed E-state index contributed by atoms with van der Waals surface area (Å²) < 4.78 is 29.9. The molecule has 32 heavy (non-hydrogen) atoms. The SMILES string of the molecule is C=C(C)N1CCCc2cc(N3CCCc4cc(-c5cnn(C)c5)c(C(F)F)cc43)ccc21. The number of fused-ring (bicyclic) bond motifs is 2. The molecule has 2 aliphatic rings. The minimum absolute atomic E-state index is 0.0649. The maximum atomic E-state index is 14.1. The van der Waals surface area contributed by atoms with E-state index in [9.17, 15) is 8.78 Å². The number of anilines is 3. The third-order valence-corrected chi connectivity index (χ3v) is 6.57. The quantitative estimate of drug-likeness (QED) is 0.475. The Kier molecular flexibility index (Phi) is 5.24. The molecule has 6 heteroatoms. The zero-order valence-electron chi connectivity index (χ0n) is 18.6. The zero-order chi connectivity index (χ0) is 22.4. The third-order valence-electron chi connectivity index (χ3n) is 6.57. The Balaban J connectivity index is 1.58. The fraction of sp³-hybridized carbons (Fsp3) is 0.346. The minimum atomic E-state index is -2.55. The summed E-state index contributed by atoms with van der Waals surface area (Å²) in [6.07, 6.45) is 4.89. The van der Waals surface area contributed by atoms with Gasteiger partial charge in [0.25, 0.3) is 6.43 Å². The standard InChI is InChI=1S/C26H28F2N4/c1-17(2)31-10-4-6-18-12-21(8-9-24(18)31)32-11-5-7-19-13-22(20-15-29-30(3)16-20)23(26(27)28)14-25(19)32/h8-9,12-16,26H,1,4-7,10-11H2,2-3H3. The van der Waals surface area contributed by atoms with Crippen LogP contribution in [0.15, 0.2) is 55.0 Å². The van der Waals surface area contributed by atoms with Crippen LogP contribution in [0.1, 0.15) is 42.9 Å². The van der Waals surface area contributed by atoms with Gasteiger partial charge in [0.1, 0.15) is 0 Å². The van der Waals surface area contributed by atoms with Crippen molar-refractivity contribution < 1.29 is 8.78 Å². The van der Waals surface area contributed by atoms with Crippen LogP contribution >= 0.6 is 0 Å². The summed E-state index contributed by atoms with van der Waals surface area (Å²) in [6.45, 7) is 7.97. The number of hydrogen-bond donors (Lipinski definition) is 0. The minimum Gasteiger partial charge on any atom is -0.346 e. The van der Waals surface area contributed by atoms with Gasteiger partial charge in [-0.2, -0.15) is 5.10 Å². The van der Waals surface area contributed by atoms with E-state index < -0.39 is 6.43 Å². The molecule has 0 aliphatic carbocycles. The van der Waals surface area contributed by atoms with E-state index in [2.05, 4.69) is 39.7 Å². The molecule has 2 aromatic carbocycles. The Morgan fingerprint density at radius 3 is 2.47 bits per heavy atom. The number of aryl methyl sites for hydroxylation is 3. The number of halogens is 2. The molecule has 0 atom stereocenters. The average Bonchev–Trinajstić information content (AvgIpc) is 3.23. The summed E-state index contributed by atoms with van der Waals surface area (Å²) in [4.78, 5) is 4.47. The van der Waals surface area contributed by atoms with E-state index in [0.29, 0.717) is 5.56 Å². The van der Waals surface area contributed by atoms with E-state index in [1.54, 1.807) is 30.2 Å². The maximum absolute atomic E-state index is 14.1. The van der Waals surface area contributed by atoms with Crippen LogP contribution < -0.4 is 9.80 Å². The summed E-state index contributed by atoms with van der Waals surface area (Å²) >= 11 is 0. The van der Waals surface area contributed by atoms with Crippen LogP contribution in [0, 0.1) is 0 Å². The lowest BCUT2D eigenvalue weighted by molar-refractivity contribution is 0.152. The van der Waals surface area contributed by atoms with Crippen molar-refractivity contribution in [3.8, 4) is 11.1 Å². The third kappa shape index (κ3) is 3.57. The van der Waals surface area contributed by atoms with Gasteiger partial charge in [-0.15, -0.1) is 0 Å². The van der Waals surface area contributed by atoms with Gasteiger partial charge in [-0.1, -0.05) is 6.58 Å². The van der Waals surface area contributed by atoms with Gasteiger partial charge in [0.05, 0.1) is 6.20 Å². The monoisotopic (exact) mass is 434 g/mol. The van der Waals surface area contributed by atoms with E-state index in [0.717, 1.165) is 67.0 Å². The van der Waals surface area contributed by atoms with Crippen LogP contribution in [0.25, 0.3) is 11.1 Å². The first kappa shape index (κ1) is 20.7. The number of nitrogens with zero attached hydrogens (tertiary/aromatic N) is 4. The van der Waals surface area contributed by atoms with Gasteiger partial charge in [-0.3, -0.25) is 4.68 Å². The number of alkyl halides is 2. The molecular formula is C26H28F2N4. The van der Waals surface area contributed by atoms with E-state index >= 15 is 0 Å². The molecule has 0 saturated carbocycles. The van der Waals surface area contributed by atoms with Crippen LogP contribution in [-0.2, 0) is 19.9 Å². The van der Waals surface area contributed by atoms with Crippen molar-refractivity contribution in [2.24, 2.45) is 7.05 Å². The fourth-order valence-corrected chi connectivity index (χ4v) is 5.06. The number of aromatic nitrogens is 2. The lowest BCUT2D eigenvalue weighted by Crippen LogP contribution is -2.28. The molecule has 5 rings (SSSR count). The van der Waals surface area contributed by atoms with Crippen molar-refractivity contribution in [3.05, 3.63) is 71.7 Å². The first-order chi connectivity index (χ1) is 15.4. The number of allylic oxidation sites excluding steroid dienone is 1. The molecule has 2 aliphatic heterocycles. The van der Waals surface area contributed by atoms with Gasteiger partial charge in [-0.05, 0) is 79.6 Å². The zero-order valence-corrected chi connectivity index (χ0v) is 18.6. The molecule has 166 valence electrons. The van der Waals surface area contributed by atoms with E-state index in [-0.39, 0.29) is 5.56 Å². The van der Waals surface area contributed by atoms with Gasteiger partial charge < -0.3 is 9.80 Å². The smallest absolute Gasteiger partial charge is 0.264 e. The normalized spacial score (nSPS) is 15.7. The molecule has 3 aromatic rings. The molecule has 4 nitrogen and oxygen atoms in total. The van der Waals surface area contributed by atoms with Crippen LogP contribution in [0.4, 0.5) is 25.8 Å². The predicted molar refractivity (Wildman–Crippen MR) is 126 cm³/mol. The molecular weight excluding hydrogens is 406 g/mol. The van der Waals surface area contributed by atoms with Crippen LogP contribution in [0.2, 0.25) is 0 Å². The Hall–Kier alpha value is -3.15. The molecule has 0 radical (unpaired) electrons. The molecule has 0 N–H and O–H groups in total. The second-order valence-corrected chi connectivity index (χ2v) is 8.83. The molecule has 0 unspecified atom stereocenters. The number of rotatable bonds is 4. The Morgan fingerprint density at radius 1 is 1.03 bits per heavy atom. The van der Waals surface area contributed by atoms with Gasteiger partial charge in [-0.25, -0.2) is 8.78 Å². The predicted octanol–water partition coefficient (Wildman–Crippen LogP) is 6.40. The van der Waals surface area contributed by atoms with Crippen molar-refractivity contribution in [1.29, 1.82) is 0 Å². The molecule has 1 aromatic heterocycles. The van der Waals surface area contributed by atoms with Crippen molar-refractivity contribution in [2.75, 3.05) is 22.9 Å². The van der Waals surface area contributed by atoms with Gasteiger partial charge in [0.15, 0.2) is 0 Å². The highest BCUT2D eigenvalue weighted by Gasteiger charge is 2.26. The lowest BCUT2D eigenvalue weighted by atomic mass is 9.92. The number of benzene rings is 2. The summed E-state index contributed by atoms with van der Waals surface area (Å²) in [5.74, 6) is 0. The first-order valence-electron chi connectivity index (χ1n) is 11.2. The van der Waals surface area contributed by atoms with Gasteiger partial charge >= 0.3 is 0 Å². The summed E-state index contributed by atoms with van der Waals surface area (Å²) in [5, 5.41) is 4.18. The molecule has 0 saturated heterocycles. The largest absolute Gasteiger partial charge is 0.346 e. The molecule has 3 heterocycles. The van der Waals surface area contributed by atoms with Crippen LogP contribution in [0.3, 0.4) is 0 Å². The Morgan fingerprint density at radius 2 is 1.78 bits per heavy atom. The topological polar surface area (TPSA) is 24.3 Å². The molecule has 0 spiro atoms. The van der Waals surface area contributed by atoms with Crippen LogP contribution in [-0.4, -0.2) is 22.9 Å². The van der Waals surface area contributed by atoms with E-state index in [1.165, 1.54) is 11.3 Å². The average molecular weight is 435 g/mol. The Labute approximate surface area is 187 Å².